The van der Waals surface area contributed by atoms with Gasteiger partial charge in [-0.05, 0) is 44.2 Å². The summed E-state index contributed by atoms with van der Waals surface area (Å²) in [6.45, 7) is 7.45. The number of hydrogen-bond donors (Lipinski definition) is 0. The van der Waals surface area contributed by atoms with E-state index in [0.717, 1.165) is 23.7 Å². The highest BCUT2D eigenvalue weighted by Gasteiger charge is 2.05. The molecule has 4 atom stereocenters. The van der Waals surface area contributed by atoms with Gasteiger partial charge in [-0.15, -0.1) is 0 Å². The molecule has 5 heteroatoms. The Morgan fingerprint density at radius 2 is 1.44 bits per heavy atom. The predicted molar refractivity (Wildman–Crippen MR) is 103 cm³/mol. The number of hydrogen-bond acceptors (Lipinski definition) is 4. The van der Waals surface area contributed by atoms with Crippen LogP contribution in [0.2, 0.25) is 0 Å². The summed E-state index contributed by atoms with van der Waals surface area (Å²) in [4.78, 5) is 21.1. The highest BCUT2D eigenvalue weighted by atomic mass is 32.2. The van der Waals surface area contributed by atoms with Crippen molar-refractivity contribution in [3.63, 3.8) is 0 Å². The van der Waals surface area contributed by atoms with Gasteiger partial charge in [0, 0.05) is 17.1 Å². The van der Waals surface area contributed by atoms with Gasteiger partial charge in [0.25, 0.3) is 0 Å². The number of allylic oxidation sites excluding steroid dienone is 7. The first-order valence-corrected chi connectivity index (χ1v) is 9.58. The monoisotopic (exact) mass is 365 g/mol. The smallest absolute Gasteiger partial charge is 0.126 e. The molecule has 25 heavy (non-hydrogen) atoms. The summed E-state index contributed by atoms with van der Waals surface area (Å²) in [7, 11) is 0. The minimum atomic E-state index is -2.19. The molecule has 0 fully saturated rings. The van der Waals surface area contributed by atoms with E-state index in [0.29, 0.717) is 19.3 Å². The van der Waals surface area contributed by atoms with E-state index in [1.807, 2.05) is 51.2 Å². The lowest BCUT2D eigenvalue weighted by molar-refractivity contribution is -0.110. The van der Waals surface area contributed by atoms with E-state index in [2.05, 4.69) is 0 Å². The maximum atomic E-state index is 11.4. The molecule has 4 nitrogen and oxygen atoms in total. The summed E-state index contributed by atoms with van der Waals surface area (Å²) in [5, 5.41) is -0.565. The van der Waals surface area contributed by atoms with Crippen molar-refractivity contribution in [3.05, 3.63) is 47.6 Å². The standard InChI is InChI=1S/C20H30O4S/c1-16(7-5-9-18(3)14-21)11-12-20(25(23)24)13-17(2)8-6-10-19(4)15-22/h5-6,9-11,13-15,18-20H,7-8,12H2,1-4H3,(H,23,24)/p-1/b9-5+,10-6+,16-11?,17-13?. The van der Waals surface area contributed by atoms with Crippen molar-refractivity contribution >= 4 is 23.7 Å². The number of carbonyl (C=O) groups excluding carboxylic acids is 2. The van der Waals surface area contributed by atoms with Crippen LogP contribution in [0.4, 0.5) is 0 Å². The van der Waals surface area contributed by atoms with Gasteiger partial charge in [0.1, 0.15) is 12.6 Å². The second-order valence-corrected chi connectivity index (χ2v) is 7.48. The lowest BCUT2D eigenvalue weighted by atomic mass is 10.1. The highest BCUT2D eigenvalue weighted by molar-refractivity contribution is 7.80. The topological polar surface area (TPSA) is 74.3 Å². The summed E-state index contributed by atoms with van der Waals surface area (Å²) in [6.07, 6.45) is 14.6. The van der Waals surface area contributed by atoms with Crippen LogP contribution in [-0.2, 0) is 20.7 Å². The van der Waals surface area contributed by atoms with Crippen molar-refractivity contribution in [2.24, 2.45) is 11.8 Å². The molecule has 0 aromatic carbocycles. The van der Waals surface area contributed by atoms with E-state index in [4.69, 9.17) is 0 Å². The van der Waals surface area contributed by atoms with Gasteiger partial charge >= 0.3 is 0 Å². The van der Waals surface area contributed by atoms with Crippen LogP contribution >= 0.6 is 0 Å². The molecule has 0 spiro atoms. The minimum absolute atomic E-state index is 0.102. The number of aldehydes is 2. The Bertz CT molecular complexity index is 558. The third-order valence-electron chi connectivity index (χ3n) is 3.60. The summed E-state index contributed by atoms with van der Waals surface area (Å²) in [6, 6.07) is 0. The Kier molecular flexibility index (Phi) is 12.8. The van der Waals surface area contributed by atoms with Crippen molar-refractivity contribution in [1.29, 1.82) is 0 Å². The van der Waals surface area contributed by atoms with E-state index in [9.17, 15) is 18.4 Å². The van der Waals surface area contributed by atoms with E-state index < -0.39 is 16.3 Å². The summed E-state index contributed by atoms with van der Waals surface area (Å²) in [5.41, 5.74) is 2.02. The van der Waals surface area contributed by atoms with Crippen LogP contribution in [0.1, 0.15) is 47.0 Å². The third-order valence-corrected chi connectivity index (χ3v) is 4.43. The maximum absolute atomic E-state index is 11.4. The maximum Gasteiger partial charge on any atom is 0.126 e. The first-order chi connectivity index (χ1) is 11.8. The Morgan fingerprint density at radius 1 is 0.960 bits per heavy atom. The minimum Gasteiger partial charge on any atom is -0.772 e. The average molecular weight is 366 g/mol. The lowest BCUT2D eigenvalue weighted by Gasteiger charge is -2.16. The summed E-state index contributed by atoms with van der Waals surface area (Å²) in [5.74, 6) is -0.229. The molecule has 0 aliphatic heterocycles. The first-order valence-electron chi connectivity index (χ1n) is 8.45. The van der Waals surface area contributed by atoms with E-state index >= 15 is 0 Å². The van der Waals surface area contributed by atoms with Crippen LogP contribution in [0.5, 0.6) is 0 Å². The molecule has 0 bridgehead atoms. The molecule has 0 saturated heterocycles. The molecular weight excluding hydrogens is 336 g/mol. The van der Waals surface area contributed by atoms with Crippen molar-refractivity contribution in [2.75, 3.05) is 0 Å². The van der Waals surface area contributed by atoms with Crippen LogP contribution in [-0.4, -0.2) is 26.6 Å². The van der Waals surface area contributed by atoms with Gasteiger partial charge in [-0.1, -0.05) is 61.4 Å². The second kappa shape index (κ2) is 13.7. The van der Waals surface area contributed by atoms with Gasteiger partial charge in [0.05, 0.1) is 0 Å². The van der Waals surface area contributed by atoms with Gasteiger partial charge in [0.2, 0.25) is 0 Å². The molecule has 0 amide bonds. The van der Waals surface area contributed by atoms with Crippen LogP contribution in [0.25, 0.3) is 0 Å². The quantitative estimate of drug-likeness (QED) is 0.297. The molecule has 140 valence electrons. The second-order valence-electron chi connectivity index (χ2n) is 6.35. The Balaban J connectivity index is 4.71. The fraction of sp³-hybridized carbons (Fsp3) is 0.500. The SMILES string of the molecule is CC(=CCC(C=C(C)C/C=C/C(C)C=O)S(=O)[O-])C/C=C/C(C)C=O. The normalized spacial score (nSPS) is 18.3. The van der Waals surface area contributed by atoms with Gasteiger partial charge in [0.15, 0.2) is 0 Å². The Labute approximate surface area is 154 Å². The molecule has 0 aliphatic carbocycles. The zero-order valence-electron chi connectivity index (χ0n) is 15.5. The molecule has 0 aromatic rings. The van der Waals surface area contributed by atoms with Gasteiger partial charge < -0.3 is 14.1 Å². The molecule has 0 aromatic heterocycles. The van der Waals surface area contributed by atoms with E-state index in [-0.39, 0.29) is 11.8 Å². The number of rotatable bonds is 12. The molecule has 4 unspecified atom stereocenters. The zero-order chi connectivity index (χ0) is 19.2. The molecule has 0 radical (unpaired) electrons. The Morgan fingerprint density at radius 3 is 1.88 bits per heavy atom. The fourth-order valence-electron chi connectivity index (χ4n) is 2.02. The molecule has 0 N–H and O–H groups in total. The fourth-order valence-corrected chi connectivity index (χ4v) is 2.61. The van der Waals surface area contributed by atoms with Crippen LogP contribution in [0, 0.1) is 11.8 Å². The molecule has 0 rings (SSSR count). The summed E-state index contributed by atoms with van der Waals surface area (Å²) < 4.78 is 22.9. The first kappa shape index (κ1) is 23.4. The Hall–Kier alpha value is -1.59. The highest BCUT2D eigenvalue weighted by Crippen LogP contribution is 2.13. The van der Waals surface area contributed by atoms with Crippen LogP contribution in [0.15, 0.2) is 47.6 Å². The average Bonchev–Trinajstić information content (AvgIpc) is 2.57. The molecular formula is C20H29O4S-. The van der Waals surface area contributed by atoms with Crippen molar-refractivity contribution in [2.45, 2.75) is 52.2 Å². The van der Waals surface area contributed by atoms with Gasteiger partial charge in [-0.25, -0.2) is 0 Å². The molecule has 0 aliphatic rings. The van der Waals surface area contributed by atoms with Crippen molar-refractivity contribution in [1.82, 2.24) is 0 Å². The molecule has 0 heterocycles. The van der Waals surface area contributed by atoms with Crippen LogP contribution < -0.4 is 0 Å². The predicted octanol–water partition coefficient (Wildman–Crippen LogP) is 4.08. The van der Waals surface area contributed by atoms with E-state index in [1.165, 1.54) is 0 Å². The third kappa shape index (κ3) is 12.4. The lowest BCUT2D eigenvalue weighted by Crippen LogP contribution is -2.11. The van der Waals surface area contributed by atoms with Crippen molar-refractivity contribution < 1.29 is 18.4 Å². The summed E-state index contributed by atoms with van der Waals surface area (Å²) >= 11 is -2.19. The van der Waals surface area contributed by atoms with Gasteiger partial charge in [-0.2, -0.15) is 0 Å². The van der Waals surface area contributed by atoms with Crippen LogP contribution in [0.3, 0.4) is 0 Å². The largest absolute Gasteiger partial charge is 0.772 e. The zero-order valence-corrected chi connectivity index (χ0v) is 16.3. The number of carbonyl (C=O) groups is 2. The van der Waals surface area contributed by atoms with Crippen molar-refractivity contribution in [3.8, 4) is 0 Å². The van der Waals surface area contributed by atoms with Gasteiger partial charge in [-0.3, -0.25) is 4.21 Å². The van der Waals surface area contributed by atoms with E-state index in [1.54, 1.807) is 13.0 Å². The molecule has 0 saturated carbocycles.